The minimum absolute atomic E-state index is 0.00519. The molecule has 4 nitrogen and oxygen atoms in total. The molecule has 0 unspecified atom stereocenters. The Bertz CT molecular complexity index is 522. The fourth-order valence-electron chi connectivity index (χ4n) is 3.32. The number of ether oxygens (including phenoxy) is 1. The van der Waals surface area contributed by atoms with Crippen molar-refractivity contribution in [1.29, 1.82) is 0 Å². The lowest BCUT2D eigenvalue weighted by atomic mass is 9.80. The normalized spacial score (nSPS) is 22.6. The van der Waals surface area contributed by atoms with Crippen molar-refractivity contribution in [2.45, 2.75) is 57.7 Å². The molecule has 1 aliphatic carbocycles. The summed E-state index contributed by atoms with van der Waals surface area (Å²) in [6.07, 6.45) is 6.40. The van der Waals surface area contributed by atoms with E-state index in [0.29, 0.717) is 12.6 Å². The Morgan fingerprint density at radius 2 is 2.17 bits per heavy atom. The molecule has 1 amide bonds. The smallest absolute Gasteiger partial charge is 0.251 e. The first kappa shape index (κ1) is 16.5. The van der Waals surface area contributed by atoms with Gasteiger partial charge in [-0.05, 0) is 56.2 Å². The van der Waals surface area contributed by atoms with Gasteiger partial charge in [-0.3, -0.25) is 4.79 Å². The molecule has 0 radical (unpaired) electrons. The minimum Gasteiger partial charge on any atom is -0.376 e. The van der Waals surface area contributed by atoms with E-state index in [-0.39, 0.29) is 12.0 Å². The van der Waals surface area contributed by atoms with Gasteiger partial charge in [0.1, 0.15) is 0 Å². The maximum absolute atomic E-state index is 12.3. The summed E-state index contributed by atoms with van der Waals surface area (Å²) in [5.41, 5.74) is 1.90. The quantitative estimate of drug-likeness (QED) is 0.813. The van der Waals surface area contributed by atoms with Gasteiger partial charge >= 0.3 is 0 Å². The van der Waals surface area contributed by atoms with Crippen LogP contribution in [0.4, 0.5) is 0 Å². The van der Waals surface area contributed by atoms with E-state index in [0.717, 1.165) is 37.5 Å². The summed E-state index contributed by atoms with van der Waals surface area (Å²) < 4.78 is 5.54. The number of nitrogens with one attached hydrogen (secondary N) is 2. The van der Waals surface area contributed by atoms with Gasteiger partial charge in [0.25, 0.3) is 5.91 Å². The molecular formula is C19H28N2O2. The Hall–Kier alpha value is -1.39. The van der Waals surface area contributed by atoms with Gasteiger partial charge in [-0.25, -0.2) is 0 Å². The van der Waals surface area contributed by atoms with Crippen molar-refractivity contribution in [3.63, 3.8) is 0 Å². The third kappa shape index (κ3) is 4.55. The fraction of sp³-hybridized carbons (Fsp3) is 0.632. The molecule has 0 spiro atoms. The van der Waals surface area contributed by atoms with Gasteiger partial charge in [-0.2, -0.15) is 0 Å². The fourth-order valence-corrected chi connectivity index (χ4v) is 3.32. The summed E-state index contributed by atoms with van der Waals surface area (Å²) in [4.78, 5) is 12.3. The van der Waals surface area contributed by atoms with E-state index < -0.39 is 0 Å². The van der Waals surface area contributed by atoms with E-state index in [1.165, 1.54) is 24.8 Å². The van der Waals surface area contributed by atoms with Crippen molar-refractivity contribution >= 4 is 5.91 Å². The minimum atomic E-state index is -0.00519. The van der Waals surface area contributed by atoms with E-state index in [2.05, 4.69) is 23.6 Å². The number of benzene rings is 1. The predicted octanol–water partition coefficient (Wildman–Crippen LogP) is 2.87. The summed E-state index contributed by atoms with van der Waals surface area (Å²) in [7, 11) is 0. The van der Waals surface area contributed by atoms with Crippen LogP contribution in [0, 0.1) is 5.92 Å². The maximum atomic E-state index is 12.3. The number of amides is 1. The van der Waals surface area contributed by atoms with Crippen molar-refractivity contribution in [2.24, 2.45) is 5.92 Å². The predicted molar refractivity (Wildman–Crippen MR) is 91.4 cm³/mol. The molecule has 2 atom stereocenters. The van der Waals surface area contributed by atoms with Crippen LogP contribution in [0.1, 0.15) is 54.9 Å². The van der Waals surface area contributed by atoms with E-state index in [1.807, 2.05) is 18.2 Å². The van der Waals surface area contributed by atoms with Crippen LogP contribution in [0.15, 0.2) is 24.3 Å². The molecule has 2 fully saturated rings. The van der Waals surface area contributed by atoms with Crippen LogP contribution >= 0.6 is 0 Å². The number of carbonyl (C=O) groups is 1. The molecule has 2 aliphatic rings. The van der Waals surface area contributed by atoms with Crippen molar-refractivity contribution in [3.05, 3.63) is 35.4 Å². The Balaban J connectivity index is 1.48. The molecule has 4 heteroatoms. The van der Waals surface area contributed by atoms with Crippen LogP contribution in [0.25, 0.3) is 0 Å². The second kappa shape index (κ2) is 7.93. The van der Waals surface area contributed by atoms with Crippen LogP contribution < -0.4 is 10.6 Å². The Kier molecular flexibility index (Phi) is 5.68. The van der Waals surface area contributed by atoms with Gasteiger partial charge in [-0.1, -0.05) is 18.6 Å². The monoisotopic (exact) mass is 316 g/mol. The largest absolute Gasteiger partial charge is 0.376 e. The van der Waals surface area contributed by atoms with Gasteiger partial charge in [0.2, 0.25) is 0 Å². The summed E-state index contributed by atoms with van der Waals surface area (Å²) in [5.74, 6) is 0.822. The van der Waals surface area contributed by atoms with E-state index in [4.69, 9.17) is 4.74 Å². The third-order valence-electron chi connectivity index (χ3n) is 5.19. The molecule has 23 heavy (non-hydrogen) atoms. The second-order valence-electron chi connectivity index (χ2n) is 6.91. The first-order valence-electron chi connectivity index (χ1n) is 8.94. The highest BCUT2D eigenvalue weighted by Crippen LogP contribution is 2.29. The Morgan fingerprint density at radius 3 is 2.87 bits per heavy atom. The molecule has 1 aliphatic heterocycles. The topological polar surface area (TPSA) is 50.4 Å². The van der Waals surface area contributed by atoms with E-state index in [9.17, 15) is 4.79 Å². The van der Waals surface area contributed by atoms with Gasteiger partial charge in [-0.15, -0.1) is 0 Å². The van der Waals surface area contributed by atoms with Crippen molar-refractivity contribution in [1.82, 2.24) is 10.6 Å². The Labute approximate surface area is 139 Å². The number of carbonyl (C=O) groups excluding carboxylic acids is 1. The van der Waals surface area contributed by atoms with Crippen LogP contribution in [0.5, 0.6) is 0 Å². The van der Waals surface area contributed by atoms with Gasteiger partial charge < -0.3 is 15.4 Å². The molecule has 1 saturated carbocycles. The zero-order chi connectivity index (χ0) is 16.1. The summed E-state index contributed by atoms with van der Waals surface area (Å²) in [6, 6.07) is 8.47. The van der Waals surface area contributed by atoms with E-state index >= 15 is 0 Å². The summed E-state index contributed by atoms with van der Waals surface area (Å²) >= 11 is 0. The molecule has 1 aromatic rings. The molecule has 2 N–H and O–H groups in total. The lowest BCUT2D eigenvalue weighted by Crippen LogP contribution is -2.36. The molecule has 1 aromatic carbocycles. The highest BCUT2D eigenvalue weighted by molar-refractivity contribution is 5.94. The van der Waals surface area contributed by atoms with Crippen LogP contribution in [-0.2, 0) is 11.3 Å². The number of hydrogen-bond acceptors (Lipinski definition) is 3. The van der Waals surface area contributed by atoms with Gasteiger partial charge in [0.15, 0.2) is 0 Å². The van der Waals surface area contributed by atoms with Gasteiger partial charge in [0, 0.05) is 31.3 Å². The van der Waals surface area contributed by atoms with E-state index in [1.54, 1.807) is 0 Å². The van der Waals surface area contributed by atoms with Gasteiger partial charge in [0.05, 0.1) is 6.10 Å². The number of hydrogen-bond donors (Lipinski definition) is 2. The molecule has 0 aromatic heterocycles. The average Bonchev–Trinajstić information content (AvgIpc) is 3.02. The van der Waals surface area contributed by atoms with Crippen molar-refractivity contribution in [2.75, 3.05) is 13.2 Å². The molecule has 1 heterocycles. The first-order valence-corrected chi connectivity index (χ1v) is 8.94. The highest BCUT2D eigenvalue weighted by atomic mass is 16.5. The third-order valence-corrected chi connectivity index (χ3v) is 5.19. The lowest BCUT2D eigenvalue weighted by Gasteiger charge is -2.32. The lowest BCUT2D eigenvalue weighted by molar-refractivity contribution is 0.0857. The molecule has 0 bridgehead atoms. The maximum Gasteiger partial charge on any atom is 0.251 e. The van der Waals surface area contributed by atoms with Crippen LogP contribution in [-0.4, -0.2) is 31.2 Å². The average molecular weight is 316 g/mol. The molecule has 1 saturated heterocycles. The zero-order valence-electron chi connectivity index (χ0n) is 14.0. The molecule has 126 valence electrons. The summed E-state index contributed by atoms with van der Waals surface area (Å²) in [5, 5.41) is 6.58. The number of rotatable bonds is 7. The molecular weight excluding hydrogens is 288 g/mol. The Morgan fingerprint density at radius 1 is 1.30 bits per heavy atom. The zero-order valence-corrected chi connectivity index (χ0v) is 14.0. The highest BCUT2D eigenvalue weighted by Gasteiger charge is 2.23. The molecule has 3 rings (SSSR count). The summed E-state index contributed by atoms with van der Waals surface area (Å²) in [6.45, 7) is 4.52. The van der Waals surface area contributed by atoms with Crippen LogP contribution in [0.3, 0.4) is 0 Å². The van der Waals surface area contributed by atoms with Crippen molar-refractivity contribution in [3.8, 4) is 0 Å². The standard InChI is InChI=1S/C19H28N2O2/c1-14(16-6-3-7-16)20-12-15-5-2-8-17(11-15)19(22)21-13-18-9-4-10-23-18/h2,5,8,11,14,16,18,20H,3-4,6-7,9-10,12-13H2,1H3,(H,21,22)/t14-,18-/m1/s1. The SMILES string of the molecule is C[C@@H](NCc1cccc(C(=O)NC[C@H]2CCCO2)c1)C1CCC1. The second-order valence-corrected chi connectivity index (χ2v) is 6.91. The van der Waals surface area contributed by atoms with Crippen molar-refractivity contribution < 1.29 is 9.53 Å². The van der Waals surface area contributed by atoms with Crippen LogP contribution in [0.2, 0.25) is 0 Å². The first-order chi connectivity index (χ1) is 11.2.